The van der Waals surface area contributed by atoms with Crippen molar-refractivity contribution in [2.75, 3.05) is 12.3 Å². The molecule has 8 N–H and O–H groups in total. The third-order valence-corrected chi connectivity index (χ3v) is 8.19. The first-order valence-electron chi connectivity index (χ1n) is 8.73. The van der Waals surface area contributed by atoms with Gasteiger partial charge in [0.05, 0.1) is 12.9 Å². The topological polar surface area (TPSA) is 279 Å². The van der Waals surface area contributed by atoms with E-state index in [0.717, 1.165) is 0 Å². The van der Waals surface area contributed by atoms with Gasteiger partial charge in [0.1, 0.15) is 29.2 Å². The molecule has 2 aromatic heterocycles. The Hall–Kier alpha value is -1.36. The standard InChI is InChI=1S/C12H20N5O13P3/c1-5-15-9(13)7-10(16-5)17(4-14-7)11-12(2,19)8(18)6(28-11)3-27-32(23,24)30-33(25,26)29-31(20,21)22/h4,6,8,11,18-19H,3H2,1-2H3,(H,23,24)(H,25,26)(H2,13,15,16)(H2,20,21,22)/t6-,8-,11-,12-/m1/s1. The van der Waals surface area contributed by atoms with Crippen LogP contribution in [0.25, 0.3) is 11.2 Å². The van der Waals surface area contributed by atoms with E-state index in [4.69, 9.17) is 20.3 Å². The van der Waals surface area contributed by atoms with Crippen molar-refractivity contribution in [2.24, 2.45) is 0 Å². The number of anilines is 1. The van der Waals surface area contributed by atoms with Crippen LogP contribution in [0.1, 0.15) is 19.0 Å². The van der Waals surface area contributed by atoms with Gasteiger partial charge in [0.25, 0.3) is 0 Å². The first kappa shape index (κ1) is 26.2. The molecule has 0 bridgehead atoms. The lowest BCUT2D eigenvalue weighted by atomic mass is 9.96. The molecule has 0 amide bonds. The monoisotopic (exact) mass is 535 g/mol. The molecule has 18 nitrogen and oxygen atoms in total. The minimum Gasteiger partial charge on any atom is -0.387 e. The number of phosphoric acid groups is 3. The number of aromatic nitrogens is 4. The zero-order valence-corrected chi connectivity index (χ0v) is 19.4. The molecule has 3 heterocycles. The lowest BCUT2D eigenvalue weighted by Gasteiger charge is -2.27. The Bertz CT molecular complexity index is 1200. The van der Waals surface area contributed by atoms with Crippen LogP contribution in [0, 0.1) is 6.92 Å². The quantitative estimate of drug-likeness (QED) is 0.201. The normalized spacial score (nSPS) is 29.8. The fraction of sp³-hybridized carbons (Fsp3) is 0.583. The zero-order valence-electron chi connectivity index (χ0n) is 16.8. The molecule has 3 rings (SSSR count). The first-order valence-corrected chi connectivity index (χ1v) is 13.2. The number of fused-ring (bicyclic) bond motifs is 1. The number of rotatable bonds is 8. The minimum atomic E-state index is -5.72. The van der Waals surface area contributed by atoms with Gasteiger partial charge in [0, 0.05) is 0 Å². The average Bonchev–Trinajstić information content (AvgIpc) is 3.10. The second-order valence-corrected chi connectivity index (χ2v) is 11.5. The van der Waals surface area contributed by atoms with Crippen LogP contribution in [0.2, 0.25) is 0 Å². The highest BCUT2D eigenvalue weighted by Crippen LogP contribution is 2.66. The number of aliphatic hydroxyl groups is 2. The van der Waals surface area contributed by atoms with Gasteiger partial charge in [0.2, 0.25) is 0 Å². The van der Waals surface area contributed by atoms with Gasteiger partial charge in [-0.05, 0) is 13.8 Å². The second-order valence-electron chi connectivity index (χ2n) is 7.06. The summed E-state index contributed by atoms with van der Waals surface area (Å²) < 4.78 is 52.4. The molecular weight excluding hydrogens is 515 g/mol. The Balaban J connectivity index is 1.77. The van der Waals surface area contributed by atoms with E-state index in [1.165, 1.54) is 17.8 Å². The fourth-order valence-electron chi connectivity index (χ4n) is 3.07. The molecule has 1 saturated heterocycles. The van der Waals surface area contributed by atoms with Crippen molar-refractivity contribution in [3.8, 4) is 0 Å². The largest absolute Gasteiger partial charge is 0.490 e. The van der Waals surface area contributed by atoms with E-state index >= 15 is 0 Å². The van der Waals surface area contributed by atoms with Gasteiger partial charge in [-0.3, -0.25) is 9.09 Å². The van der Waals surface area contributed by atoms with Gasteiger partial charge in [-0.15, -0.1) is 0 Å². The summed E-state index contributed by atoms with van der Waals surface area (Å²) in [5.41, 5.74) is 4.12. The van der Waals surface area contributed by atoms with E-state index < -0.39 is 54.1 Å². The molecule has 2 aromatic rings. The number of hydrogen-bond donors (Lipinski definition) is 7. The van der Waals surface area contributed by atoms with Crippen LogP contribution in [0.4, 0.5) is 5.82 Å². The molecule has 6 atom stereocenters. The first-order chi connectivity index (χ1) is 14.9. The van der Waals surface area contributed by atoms with Gasteiger partial charge in [-0.2, -0.15) is 8.62 Å². The molecule has 186 valence electrons. The highest BCUT2D eigenvalue weighted by molar-refractivity contribution is 7.66. The Morgan fingerprint density at radius 3 is 2.42 bits per heavy atom. The van der Waals surface area contributed by atoms with Crippen LogP contribution >= 0.6 is 23.5 Å². The average molecular weight is 535 g/mol. The van der Waals surface area contributed by atoms with Gasteiger partial charge in [-0.25, -0.2) is 28.6 Å². The third-order valence-electron chi connectivity index (χ3n) is 4.39. The van der Waals surface area contributed by atoms with E-state index in [-0.39, 0.29) is 22.8 Å². The van der Waals surface area contributed by atoms with E-state index in [0.29, 0.717) is 0 Å². The number of phosphoric ester groups is 1. The summed E-state index contributed by atoms with van der Waals surface area (Å²) in [6, 6.07) is 0. The highest BCUT2D eigenvalue weighted by Gasteiger charge is 2.54. The van der Waals surface area contributed by atoms with Gasteiger partial charge >= 0.3 is 23.5 Å². The molecule has 33 heavy (non-hydrogen) atoms. The molecule has 2 unspecified atom stereocenters. The Kier molecular flexibility index (Phi) is 6.92. The number of imidazole rings is 1. The summed E-state index contributed by atoms with van der Waals surface area (Å²) in [5.74, 6) is 0.336. The maximum atomic E-state index is 11.9. The van der Waals surface area contributed by atoms with Gasteiger partial charge < -0.3 is 40.3 Å². The van der Waals surface area contributed by atoms with Crippen LogP contribution in [-0.4, -0.2) is 73.7 Å². The molecule has 0 aliphatic carbocycles. The summed E-state index contributed by atoms with van der Waals surface area (Å²) in [6.07, 6.45) is -3.35. The van der Waals surface area contributed by atoms with E-state index in [2.05, 4.69) is 28.1 Å². The summed E-state index contributed by atoms with van der Waals surface area (Å²) in [4.78, 5) is 48.0. The summed E-state index contributed by atoms with van der Waals surface area (Å²) in [7, 11) is -16.7. The molecular formula is C12H20N5O13P3. The Morgan fingerprint density at radius 2 is 1.82 bits per heavy atom. The van der Waals surface area contributed by atoms with Crippen molar-refractivity contribution in [2.45, 2.75) is 37.9 Å². The lowest BCUT2D eigenvalue weighted by molar-refractivity contribution is -0.0949. The molecule has 1 fully saturated rings. The number of nitrogens with two attached hydrogens (primary N) is 1. The van der Waals surface area contributed by atoms with Crippen molar-refractivity contribution in [1.29, 1.82) is 0 Å². The van der Waals surface area contributed by atoms with Crippen molar-refractivity contribution >= 4 is 40.4 Å². The summed E-state index contributed by atoms with van der Waals surface area (Å²) in [5, 5.41) is 21.3. The van der Waals surface area contributed by atoms with E-state index in [1.807, 2.05) is 0 Å². The van der Waals surface area contributed by atoms with Crippen molar-refractivity contribution in [3.63, 3.8) is 0 Å². The molecule has 0 saturated carbocycles. The summed E-state index contributed by atoms with van der Waals surface area (Å²) in [6.45, 7) is 1.78. The zero-order chi connectivity index (χ0) is 25.0. The summed E-state index contributed by atoms with van der Waals surface area (Å²) >= 11 is 0. The van der Waals surface area contributed by atoms with Crippen LogP contribution in [-0.2, 0) is 31.6 Å². The predicted octanol–water partition coefficient (Wildman–Crippen LogP) is -0.930. The van der Waals surface area contributed by atoms with Crippen LogP contribution < -0.4 is 5.73 Å². The Morgan fingerprint density at radius 1 is 1.18 bits per heavy atom. The maximum absolute atomic E-state index is 11.9. The van der Waals surface area contributed by atoms with Crippen molar-refractivity contribution < 1.29 is 61.4 Å². The van der Waals surface area contributed by atoms with Crippen molar-refractivity contribution in [1.82, 2.24) is 19.5 Å². The van der Waals surface area contributed by atoms with E-state index in [9.17, 15) is 33.7 Å². The number of aryl methyl sites for hydroxylation is 1. The smallest absolute Gasteiger partial charge is 0.387 e. The number of nitrogens with zero attached hydrogens (tertiary/aromatic N) is 4. The molecule has 0 radical (unpaired) electrons. The maximum Gasteiger partial charge on any atom is 0.490 e. The van der Waals surface area contributed by atoms with Crippen LogP contribution in [0.15, 0.2) is 6.33 Å². The number of aliphatic hydroxyl groups excluding tert-OH is 1. The van der Waals surface area contributed by atoms with E-state index in [1.54, 1.807) is 6.92 Å². The third kappa shape index (κ3) is 5.83. The molecule has 0 spiro atoms. The van der Waals surface area contributed by atoms with Gasteiger partial charge in [-0.1, -0.05) is 0 Å². The molecule has 1 aliphatic heterocycles. The SMILES string of the molecule is Cc1nc(N)c2ncn([C@@H]3O[C@H](COP(=O)(O)OP(=O)(O)OP(=O)(O)O)[C@@H](O)[C@@]3(C)O)c2n1. The van der Waals surface area contributed by atoms with Crippen LogP contribution in [0.3, 0.4) is 0 Å². The molecule has 0 aromatic carbocycles. The van der Waals surface area contributed by atoms with Crippen LogP contribution in [0.5, 0.6) is 0 Å². The lowest BCUT2D eigenvalue weighted by Crippen LogP contribution is -2.44. The predicted molar refractivity (Wildman–Crippen MR) is 105 cm³/mol. The second kappa shape index (κ2) is 8.70. The molecule has 21 heteroatoms. The minimum absolute atomic E-state index is 0.0543. The van der Waals surface area contributed by atoms with Gasteiger partial charge in [0.15, 0.2) is 17.7 Å². The number of ether oxygens (including phenoxy) is 1. The fourth-order valence-corrected chi connectivity index (χ4v) is 6.10. The number of nitrogen functional groups attached to an aromatic ring is 1. The van der Waals surface area contributed by atoms with Crippen molar-refractivity contribution in [3.05, 3.63) is 12.2 Å². The molecule has 1 aliphatic rings. The highest BCUT2D eigenvalue weighted by atomic mass is 31.3. The number of hydrogen-bond acceptors (Lipinski definition) is 13. The Labute approximate surface area is 184 Å².